The van der Waals surface area contributed by atoms with Gasteiger partial charge in [-0.05, 0) is 24.3 Å². The van der Waals surface area contributed by atoms with Crippen LogP contribution in [0.4, 0.5) is 10.1 Å². The van der Waals surface area contributed by atoms with Gasteiger partial charge in [-0.3, -0.25) is 4.79 Å². The summed E-state index contributed by atoms with van der Waals surface area (Å²) in [5.41, 5.74) is 0.379. The Morgan fingerprint density at radius 3 is 2.83 bits per heavy atom. The monoisotopic (exact) mass is 278 g/mol. The van der Waals surface area contributed by atoms with Crippen molar-refractivity contribution in [3.05, 3.63) is 45.9 Å². The molecule has 1 amide bonds. The Bertz CT molecular complexity index is 646. The highest BCUT2D eigenvalue weighted by Gasteiger charge is 2.11. The molecule has 2 rings (SSSR count). The van der Waals surface area contributed by atoms with Crippen LogP contribution < -0.4 is 5.32 Å². The van der Waals surface area contributed by atoms with Gasteiger partial charge in [0.15, 0.2) is 0 Å². The van der Waals surface area contributed by atoms with Crippen LogP contribution in [-0.4, -0.2) is 5.91 Å². The number of hydrogen-bond acceptors (Lipinski definition) is 4. The number of nitrogens with zero attached hydrogens (tertiary/aromatic N) is 1. The number of amides is 1. The minimum absolute atomic E-state index is 0.0889. The number of hydrogen-bond donors (Lipinski definition) is 2. The Kier molecular flexibility index (Phi) is 3.65. The van der Waals surface area contributed by atoms with Crippen LogP contribution in [0.1, 0.15) is 15.2 Å². The minimum Gasteiger partial charge on any atom is -0.320 e. The van der Waals surface area contributed by atoms with Crippen LogP contribution in [0.3, 0.4) is 0 Å². The maximum Gasteiger partial charge on any atom is 0.265 e. The average molecular weight is 278 g/mol. The van der Waals surface area contributed by atoms with Crippen LogP contribution in [0, 0.1) is 17.1 Å². The number of anilines is 1. The summed E-state index contributed by atoms with van der Waals surface area (Å²) in [4.78, 5) is 13.0. The molecule has 0 aliphatic heterocycles. The molecule has 0 aliphatic rings. The Balaban J connectivity index is 2.25. The first kappa shape index (κ1) is 12.6. The van der Waals surface area contributed by atoms with Gasteiger partial charge in [0.2, 0.25) is 0 Å². The third kappa shape index (κ3) is 2.70. The number of thiophene rings is 1. The highest BCUT2D eigenvalue weighted by Crippen LogP contribution is 2.21. The minimum atomic E-state index is -0.515. The summed E-state index contributed by atoms with van der Waals surface area (Å²) in [6, 6.07) is 7.08. The van der Waals surface area contributed by atoms with E-state index in [4.69, 9.17) is 5.26 Å². The standard InChI is InChI=1S/C12H7FN2OS2/c13-8-1-2-10(7(3-8)5-14)15-12(16)11-4-9(17)6-18-11/h1-4,6,17H,(H,15,16). The van der Waals surface area contributed by atoms with Gasteiger partial charge in [-0.15, -0.1) is 24.0 Å². The van der Waals surface area contributed by atoms with Crippen LogP contribution >= 0.6 is 24.0 Å². The molecule has 0 radical (unpaired) electrons. The van der Waals surface area contributed by atoms with E-state index in [0.29, 0.717) is 9.77 Å². The number of thiol groups is 1. The smallest absolute Gasteiger partial charge is 0.265 e. The Morgan fingerprint density at radius 1 is 1.44 bits per heavy atom. The molecule has 0 saturated heterocycles. The second kappa shape index (κ2) is 5.21. The molecule has 2 aromatic rings. The summed E-state index contributed by atoms with van der Waals surface area (Å²) in [5, 5.41) is 13.1. The van der Waals surface area contributed by atoms with Gasteiger partial charge in [-0.25, -0.2) is 4.39 Å². The zero-order valence-corrected chi connectivity index (χ0v) is 10.7. The van der Waals surface area contributed by atoms with Gasteiger partial charge >= 0.3 is 0 Å². The van der Waals surface area contributed by atoms with Gasteiger partial charge in [0.1, 0.15) is 11.9 Å². The second-order valence-corrected chi connectivity index (χ2v) is 4.85. The van der Waals surface area contributed by atoms with E-state index in [1.54, 1.807) is 11.4 Å². The summed E-state index contributed by atoms with van der Waals surface area (Å²) in [6.45, 7) is 0. The Labute approximate surface area is 112 Å². The van der Waals surface area contributed by atoms with Crippen LogP contribution in [-0.2, 0) is 0 Å². The molecule has 3 nitrogen and oxygen atoms in total. The predicted octanol–water partition coefficient (Wildman–Crippen LogP) is 3.30. The number of carbonyl (C=O) groups excluding carboxylic acids is 1. The van der Waals surface area contributed by atoms with E-state index in [9.17, 15) is 9.18 Å². The van der Waals surface area contributed by atoms with Gasteiger partial charge in [-0.2, -0.15) is 5.26 Å². The number of carbonyl (C=O) groups is 1. The van der Waals surface area contributed by atoms with Crippen molar-refractivity contribution in [2.75, 3.05) is 5.32 Å². The molecule has 1 aromatic carbocycles. The molecule has 0 unspecified atom stereocenters. The predicted molar refractivity (Wildman–Crippen MR) is 70.6 cm³/mol. The van der Waals surface area contributed by atoms with E-state index in [0.717, 1.165) is 6.07 Å². The molecule has 0 spiro atoms. The average Bonchev–Trinajstić information content (AvgIpc) is 2.78. The highest BCUT2D eigenvalue weighted by molar-refractivity contribution is 7.80. The first-order valence-corrected chi connectivity index (χ1v) is 6.21. The van der Waals surface area contributed by atoms with Crippen molar-refractivity contribution in [2.24, 2.45) is 0 Å². The maximum absolute atomic E-state index is 12.9. The van der Waals surface area contributed by atoms with E-state index < -0.39 is 5.82 Å². The Hall–Kier alpha value is -1.84. The third-order valence-corrected chi connectivity index (χ3v) is 3.52. The third-order valence-electron chi connectivity index (χ3n) is 2.16. The molecular weight excluding hydrogens is 271 g/mol. The molecule has 90 valence electrons. The van der Waals surface area contributed by atoms with Crippen LogP contribution in [0.5, 0.6) is 0 Å². The molecule has 0 atom stereocenters. The molecule has 6 heteroatoms. The molecule has 1 N–H and O–H groups in total. The van der Waals surface area contributed by atoms with Crippen molar-refractivity contribution in [3.8, 4) is 6.07 Å². The van der Waals surface area contributed by atoms with E-state index in [-0.39, 0.29) is 17.2 Å². The lowest BCUT2D eigenvalue weighted by Crippen LogP contribution is -2.11. The van der Waals surface area contributed by atoms with Crippen molar-refractivity contribution in [1.29, 1.82) is 5.26 Å². The first-order chi connectivity index (χ1) is 8.60. The summed E-state index contributed by atoms with van der Waals surface area (Å²) in [5.74, 6) is -0.860. The number of halogens is 1. The molecule has 1 heterocycles. The Morgan fingerprint density at radius 2 is 2.22 bits per heavy atom. The summed E-state index contributed by atoms with van der Waals surface area (Å²) in [6.07, 6.45) is 0. The largest absolute Gasteiger partial charge is 0.320 e. The topological polar surface area (TPSA) is 52.9 Å². The lowest BCUT2D eigenvalue weighted by Gasteiger charge is -2.05. The van der Waals surface area contributed by atoms with Crippen molar-refractivity contribution >= 4 is 35.6 Å². The van der Waals surface area contributed by atoms with Crippen molar-refractivity contribution in [3.63, 3.8) is 0 Å². The molecule has 0 fully saturated rings. The second-order valence-electron chi connectivity index (χ2n) is 3.42. The zero-order valence-electron chi connectivity index (χ0n) is 8.98. The fourth-order valence-corrected chi connectivity index (χ4v) is 2.39. The van der Waals surface area contributed by atoms with Gasteiger partial charge in [0.25, 0.3) is 5.91 Å². The van der Waals surface area contributed by atoms with Gasteiger partial charge in [0, 0.05) is 10.3 Å². The summed E-state index contributed by atoms with van der Waals surface area (Å²) < 4.78 is 12.9. The lowest BCUT2D eigenvalue weighted by atomic mass is 10.2. The lowest BCUT2D eigenvalue weighted by molar-refractivity contribution is 0.103. The summed E-state index contributed by atoms with van der Waals surface area (Å²) in [7, 11) is 0. The van der Waals surface area contributed by atoms with Crippen molar-refractivity contribution in [2.45, 2.75) is 4.90 Å². The number of nitriles is 1. The quantitative estimate of drug-likeness (QED) is 0.828. The first-order valence-electron chi connectivity index (χ1n) is 4.88. The van der Waals surface area contributed by atoms with Crippen molar-refractivity contribution in [1.82, 2.24) is 0 Å². The van der Waals surface area contributed by atoms with Crippen LogP contribution in [0.2, 0.25) is 0 Å². The van der Waals surface area contributed by atoms with E-state index in [2.05, 4.69) is 17.9 Å². The fraction of sp³-hybridized carbons (Fsp3) is 0. The fourth-order valence-electron chi connectivity index (χ4n) is 1.35. The number of nitrogens with one attached hydrogen (secondary N) is 1. The summed E-state index contributed by atoms with van der Waals surface area (Å²) >= 11 is 5.35. The highest BCUT2D eigenvalue weighted by atomic mass is 32.1. The van der Waals surface area contributed by atoms with Gasteiger partial charge in [0.05, 0.1) is 16.1 Å². The van der Waals surface area contributed by atoms with E-state index >= 15 is 0 Å². The molecule has 18 heavy (non-hydrogen) atoms. The molecule has 0 aliphatic carbocycles. The normalized spacial score (nSPS) is 9.83. The maximum atomic E-state index is 12.9. The molecular formula is C12H7FN2OS2. The van der Waals surface area contributed by atoms with Gasteiger partial charge in [-0.1, -0.05) is 0 Å². The molecule has 1 aromatic heterocycles. The SMILES string of the molecule is N#Cc1cc(F)ccc1NC(=O)c1cc(S)cs1. The van der Waals surface area contributed by atoms with Crippen LogP contribution in [0.25, 0.3) is 0 Å². The van der Waals surface area contributed by atoms with E-state index in [1.165, 1.54) is 23.5 Å². The zero-order chi connectivity index (χ0) is 13.1. The molecule has 0 bridgehead atoms. The molecule has 0 saturated carbocycles. The van der Waals surface area contributed by atoms with E-state index in [1.807, 2.05) is 6.07 Å². The van der Waals surface area contributed by atoms with Crippen molar-refractivity contribution < 1.29 is 9.18 Å². The van der Waals surface area contributed by atoms with Gasteiger partial charge < -0.3 is 5.32 Å². The number of rotatable bonds is 2. The van der Waals surface area contributed by atoms with Crippen LogP contribution in [0.15, 0.2) is 34.5 Å². The number of benzene rings is 1.